The number of ether oxygens (including phenoxy) is 3. The highest BCUT2D eigenvalue weighted by molar-refractivity contribution is 5.71. The topological polar surface area (TPSA) is 78.9 Å². The fourth-order valence-electron chi connectivity index (χ4n) is 7.21. The van der Waals surface area contributed by atoms with Crippen LogP contribution in [0.1, 0.15) is 245 Å². The number of unbranched alkanes of at least 4 members (excludes halogenated alkanes) is 21. The van der Waals surface area contributed by atoms with Crippen molar-refractivity contribution in [3.05, 3.63) is 97.2 Å². The lowest BCUT2D eigenvalue weighted by atomic mass is 10.1. The van der Waals surface area contributed by atoms with Gasteiger partial charge in [0.1, 0.15) is 13.2 Å². The van der Waals surface area contributed by atoms with Crippen LogP contribution < -0.4 is 0 Å². The van der Waals surface area contributed by atoms with Crippen LogP contribution in [0.3, 0.4) is 0 Å². The number of allylic oxidation sites excluding steroid dienone is 16. The lowest BCUT2D eigenvalue weighted by molar-refractivity contribution is -0.167. The van der Waals surface area contributed by atoms with Gasteiger partial charge in [-0.25, -0.2) is 0 Å². The van der Waals surface area contributed by atoms with Gasteiger partial charge >= 0.3 is 17.9 Å². The van der Waals surface area contributed by atoms with E-state index in [9.17, 15) is 14.4 Å². The maximum atomic E-state index is 12.8. The second-order valence-corrected chi connectivity index (χ2v) is 17.7. The molecule has 6 heteroatoms. The third-order valence-electron chi connectivity index (χ3n) is 11.3. The molecule has 0 heterocycles. The highest BCUT2D eigenvalue weighted by Gasteiger charge is 2.19. The summed E-state index contributed by atoms with van der Waals surface area (Å²) in [5, 5.41) is 0. The van der Waals surface area contributed by atoms with Crippen molar-refractivity contribution in [1.82, 2.24) is 0 Å². The summed E-state index contributed by atoms with van der Waals surface area (Å²) in [7, 11) is 0. The van der Waals surface area contributed by atoms with Crippen molar-refractivity contribution in [3.8, 4) is 0 Å². The predicted molar refractivity (Wildman–Crippen MR) is 284 cm³/mol. The Morgan fingerprint density at radius 2 is 0.621 bits per heavy atom. The Hall–Kier alpha value is -3.67. The Labute approximate surface area is 407 Å². The molecular formula is C60H100O6. The van der Waals surface area contributed by atoms with Crippen LogP contribution in [0.4, 0.5) is 0 Å². The maximum absolute atomic E-state index is 12.8. The monoisotopic (exact) mass is 917 g/mol. The zero-order chi connectivity index (χ0) is 47.9. The fourth-order valence-corrected chi connectivity index (χ4v) is 7.21. The summed E-state index contributed by atoms with van der Waals surface area (Å²) in [5.74, 6) is -0.938. The van der Waals surface area contributed by atoms with Crippen molar-refractivity contribution < 1.29 is 28.6 Å². The molecule has 1 atom stereocenters. The molecule has 0 amide bonds. The molecule has 0 aromatic carbocycles. The normalized spacial score (nSPS) is 12.8. The van der Waals surface area contributed by atoms with Gasteiger partial charge < -0.3 is 14.2 Å². The number of hydrogen-bond donors (Lipinski definition) is 0. The lowest BCUT2D eigenvalue weighted by Crippen LogP contribution is -2.30. The second-order valence-electron chi connectivity index (χ2n) is 17.7. The fraction of sp³-hybridized carbons (Fsp3) is 0.683. The van der Waals surface area contributed by atoms with E-state index >= 15 is 0 Å². The summed E-state index contributed by atoms with van der Waals surface area (Å²) in [5.41, 5.74) is 0. The Bertz CT molecular complexity index is 1330. The molecule has 0 aromatic rings. The Balaban J connectivity index is 4.45. The minimum atomic E-state index is -0.798. The van der Waals surface area contributed by atoms with E-state index in [2.05, 4.69) is 118 Å². The third kappa shape index (κ3) is 51.3. The van der Waals surface area contributed by atoms with E-state index < -0.39 is 6.10 Å². The highest BCUT2D eigenvalue weighted by Crippen LogP contribution is 2.14. The quantitative estimate of drug-likeness (QED) is 0.0262. The molecule has 1 unspecified atom stereocenters. The smallest absolute Gasteiger partial charge is 0.306 e. The van der Waals surface area contributed by atoms with Gasteiger partial charge in [-0.3, -0.25) is 14.4 Å². The molecule has 66 heavy (non-hydrogen) atoms. The molecule has 0 rings (SSSR count). The molecule has 0 radical (unpaired) electrons. The number of rotatable bonds is 48. The lowest BCUT2D eigenvalue weighted by Gasteiger charge is -2.18. The van der Waals surface area contributed by atoms with E-state index in [1.807, 2.05) is 0 Å². The molecular weight excluding hydrogens is 817 g/mol. The predicted octanol–water partition coefficient (Wildman–Crippen LogP) is 18.1. The molecule has 0 aromatic heterocycles. The highest BCUT2D eigenvalue weighted by atomic mass is 16.6. The average Bonchev–Trinajstić information content (AvgIpc) is 3.31. The maximum Gasteiger partial charge on any atom is 0.306 e. The van der Waals surface area contributed by atoms with Crippen molar-refractivity contribution >= 4 is 17.9 Å². The average molecular weight is 917 g/mol. The van der Waals surface area contributed by atoms with Gasteiger partial charge in [-0.05, 0) is 116 Å². The summed E-state index contributed by atoms with van der Waals surface area (Å²) in [6.45, 7) is 6.41. The van der Waals surface area contributed by atoms with Crippen LogP contribution in [0.5, 0.6) is 0 Å². The van der Waals surface area contributed by atoms with Crippen molar-refractivity contribution in [2.24, 2.45) is 0 Å². The Morgan fingerprint density at radius 1 is 0.318 bits per heavy atom. The molecule has 0 fully saturated rings. The first-order valence-corrected chi connectivity index (χ1v) is 27.2. The van der Waals surface area contributed by atoms with Crippen molar-refractivity contribution in [2.75, 3.05) is 13.2 Å². The number of hydrogen-bond acceptors (Lipinski definition) is 6. The minimum Gasteiger partial charge on any atom is -0.462 e. The van der Waals surface area contributed by atoms with E-state index in [1.54, 1.807) is 0 Å². The third-order valence-corrected chi connectivity index (χ3v) is 11.3. The van der Waals surface area contributed by atoms with Gasteiger partial charge in [-0.1, -0.05) is 208 Å². The Kier molecular flexibility index (Phi) is 50.9. The van der Waals surface area contributed by atoms with E-state index in [4.69, 9.17) is 14.2 Å². The standard InChI is InChI=1S/C60H100O6/c1-4-7-10-13-16-19-22-25-27-29-30-31-33-35-38-41-44-47-50-53-59(62)65-56-57(55-64-58(61)52-49-46-43-40-37-34-24-21-18-15-12-9-6-3)66-60(63)54-51-48-45-42-39-36-32-28-26-23-20-17-14-11-8-5-2/h7,10,12,15-16,19-21,23-25,27-28,30-32,57H,4-6,8-9,11,13-14,17-18,22,26,29,33-56H2,1-3H3/b10-7-,15-12-,19-16-,23-20-,24-21-,27-25-,31-30-,32-28-. The molecule has 0 bridgehead atoms. The van der Waals surface area contributed by atoms with Crippen LogP contribution in [-0.2, 0) is 28.6 Å². The van der Waals surface area contributed by atoms with Crippen LogP contribution in [0.2, 0.25) is 0 Å². The minimum absolute atomic E-state index is 0.0962. The molecule has 0 N–H and O–H groups in total. The van der Waals surface area contributed by atoms with E-state index in [0.29, 0.717) is 19.3 Å². The van der Waals surface area contributed by atoms with Crippen molar-refractivity contribution in [2.45, 2.75) is 252 Å². The largest absolute Gasteiger partial charge is 0.462 e. The van der Waals surface area contributed by atoms with Gasteiger partial charge in [0.25, 0.3) is 0 Å². The van der Waals surface area contributed by atoms with Crippen LogP contribution >= 0.6 is 0 Å². The van der Waals surface area contributed by atoms with Crippen LogP contribution in [0.25, 0.3) is 0 Å². The molecule has 6 nitrogen and oxygen atoms in total. The van der Waals surface area contributed by atoms with Crippen LogP contribution in [0, 0.1) is 0 Å². The molecule has 0 saturated carbocycles. The van der Waals surface area contributed by atoms with Gasteiger partial charge in [-0.15, -0.1) is 0 Å². The van der Waals surface area contributed by atoms with E-state index in [-0.39, 0.29) is 31.1 Å². The number of carbonyl (C=O) groups excluding carboxylic acids is 3. The van der Waals surface area contributed by atoms with Crippen LogP contribution in [0.15, 0.2) is 97.2 Å². The van der Waals surface area contributed by atoms with Gasteiger partial charge in [0.15, 0.2) is 6.10 Å². The van der Waals surface area contributed by atoms with Crippen molar-refractivity contribution in [1.29, 1.82) is 0 Å². The molecule has 0 aliphatic rings. The first-order chi connectivity index (χ1) is 32.5. The van der Waals surface area contributed by atoms with Gasteiger partial charge in [-0.2, -0.15) is 0 Å². The van der Waals surface area contributed by atoms with Crippen LogP contribution in [-0.4, -0.2) is 37.2 Å². The summed E-state index contributed by atoms with van der Waals surface area (Å²) in [6, 6.07) is 0. The molecule has 0 spiro atoms. The number of esters is 3. The molecule has 0 aliphatic carbocycles. The number of carbonyl (C=O) groups is 3. The second kappa shape index (κ2) is 53.9. The molecule has 0 saturated heterocycles. The summed E-state index contributed by atoms with van der Waals surface area (Å²) < 4.78 is 16.8. The van der Waals surface area contributed by atoms with Gasteiger partial charge in [0, 0.05) is 19.3 Å². The first-order valence-electron chi connectivity index (χ1n) is 27.2. The summed E-state index contributed by atoms with van der Waals surface area (Å²) in [4.78, 5) is 38.1. The first kappa shape index (κ1) is 62.3. The zero-order valence-corrected chi connectivity index (χ0v) is 42.9. The molecule has 376 valence electrons. The SMILES string of the molecule is CC/C=C\C/C=C\C/C=C\C/C=C\CCCCCCCCC(=O)OCC(COC(=O)CCCCCCC/C=C\C/C=C\CCC)OC(=O)CCCCCCC/C=C\C/C=C\CCCCCC. The summed E-state index contributed by atoms with van der Waals surface area (Å²) >= 11 is 0. The van der Waals surface area contributed by atoms with E-state index in [1.165, 1.54) is 51.4 Å². The zero-order valence-electron chi connectivity index (χ0n) is 42.9. The van der Waals surface area contributed by atoms with E-state index in [0.717, 1.165) is 154 Å². The summed E-state index contributed by atoms with van der Waals surface area (Å²) in [6.07, 6.45) is 71.0. The Morgan fingerprint density at radius 3 is 0.985 bits per heavy atom. The van der Waals surface area contributed by atoms with Gasteiger partial charge in [0.05, 0.1) is 0 Å². The molecule has 0 aliphatic heterocycles. The van der Waals surface area contributed by atoms with Gasteiger partial charge in [0.2, 0.25) is 0 Å². The van der Waals surface area contributed by atoms with Crippen molar-refractivity contribution in [3.63, 3.8) is 0 Å².